The first-order valence-corrected chi connectivity index (χ1v) is 8.66. The molecule has 4 rings (SSSR count). The van der Waals surface area contributed by atoms with Crippen LogP contribution in [0.25, 0.3) is 21.5 Å². The van der Waals surface area contributed by atoms with E-state index in [1.807, 2.05) is 24.3 Å². The lowest BCUT2D eigenvalue weighted by Crippen LogP contribution is -2.30. The number of rotatable bonds is 3. The lowest BCUT2D eigenvalue weighted by Gasteiger charge is -1.99. The van der Waals surface area contributed by atoms with Crippen molar-refractivity contribution in [3.05, 3.63) is 60.0 Å². The summed E-state index contributed by atoms with van der Waals surface area (Å²) in [5.41, 5.74) is 3.46. The van der Waals surface area contributed by atoms with Crippen LogP contribution < -0.4 is 9.88 Å². The molecule has 0 bridgehead atoms. The zero-order chi connectivity index (χ0) is 14.9. The Bertz CT molecular complexity index is 892. The zero-order valence-electron chi connectivity index (χ0n) is 12.0. The van der Waals surface area contributed by atoms with E-state index in [2.05, 4.69) is 57.6 Å². The van der Waals surface area contributed by atoms with Crippen LogP contribution in [0.15, 0.2) is 60.0 Å². The second-order valence-electron chi connectivity index (χ2n) is 4.96. The predicted octanol–water partition coefficient (Wildman–Crippen LogP) is 4.59. The number of hydrogen-bond donors (Lipinski definition) is 1. The van der Waals surface area contributed by atoms with Crippen molar-refractivity contribution in [2.24, 2.45) is 7.05 Å². The van der Waals surface area contributed by atoms with Crippen LogP contribution >= 0.6 is 22.7 Å². The molecule has 0 fully saturated rings. The Balaban J connectivity index is 1.68. The van der Waals surface area contributed by atoms with Crippen LogP contribution in [-0.4, -0.2) is 4.98 Å². The topological polar surface area (TPSA) is 28.8 Å². The number of nitrogens with one attached hydrogen (secondary N) is 1. The Morgan fingerprint density at radius 3 is 2.59 bits per heavy atom. The van der Waals surface area contributed by atoms with Crippen LogP contribution in [0.3, 0.4) is 0 Å². The first kappa shape index (κ1) is 13.4. The number of benzene rings is 2. The minimum absolute atomic E-state index is 0.929. The Labute approximate surface area is 136 Å². The van der Waals surface area contributed by atoms with Crippen molar-refractivity contribution >= 4 is 43.2 Å². The van der Waals surface area contributed by atoms with Crippen LogP contribution in [-0.2, 0) is 7.05 Å². The van der Waals surface area contributed by atoms with Gasteiger partial charge in [0.25, 0.3) is 5.13 Å². The van der Waals surface area contributed by atoms with Crippen LogP contribution in [0.1, 0.15) is 0 Å². The molecule has 1 N–H and O–H groups in total. The number of thiazole rings is 2. The first-order valence-electron chi connectivity index (χ1n) is 6.97. The molecule has 0 radical (unpaired) electrons. The summed E-state index contributed by atoms with van der Waals surface area (Å²) in [5.74, 6) is 0. The van der Waals surface area contributed by atoms with E-state index in [-0.39, 0.29) is 0 Å². The number of para-hydroxylation sites is 1. The van der Waals surface area contributed by atoms with Crippen molar-refractivity contribution in [2.45, 2.75) is 0 Å². The number of nitrogens with zero attached hydrogens (tertiary/aromatic N) is 2. The highest BCUT2D eigenvalue weighted by Crippen LogP contribution is 2.30. The summed E-state index contributed by atoms with van der Waals surface area (Å²) < 4.78 is 3.37. The van der Waals surface area contributed by atoms with Gasteiger partial charge in [-0.3, -0.25) is 0 Å². The van der Waals surface area contributed by atoms with Crippen molar-refractivity contribution in [2.75, 3.05) is 5.32 Å². The fourth-order valence-corrected chi connectivity index (χ4v) is 4.24. The van der Waals surface area contributed by atoms with E-state index in [4.69, 9.17) is 0 Å². The van der Waals surface area contributed by atoms with Crippen LogP contribution in [0.5, 0.6) is 0 Å². The second-order valence-corrected chi connectivity index (χ2v) is 6.85. The van der Waals surface area contributed by atoms with Gasteiger partial charge in [0.05, 0.1) is 17.3 Å². The molecule has 3 nitrogen and oxygen atoms in total. The molecule has 22 heavy (non-hydrogen) atoms. The quantitative estimate of drug-likeness (QED) is 0.558. The average Bonchev–Trinajstić information content (AvgIpc) is 3.12. The predicted molar refractivity (Wildman–Crippen MR) is 93.8 cm³/mol. The van der Waals surface area contributed by atoms with Gasteiger partial charge in [0, 0.05) is 10.9 Å². The third-order valence-electron chi connectivity index (χ3n) is 3.53. The molecule has 0 aliphatic heterocycles. The van der Waals surface area contributed by atoms with Crippen molar-refractivity contribution in [1.29, 1.82) is 0 Å². The van der Waals surface area contributed by atoms with Gasteiger partial charge in [-0.05, 0) is 12.1 Å². The van der Waals surface area contributed by atoms with Gasteiger partial charge >= 0.3 is 5.13 Å². The third-order valence-corrected chi connectivity index (χ3v) is 5.42. The van der Waals surface area contributed by atoms with Crippen molar-refractivity contribution in [3.63, 3.8) is 0 Å². The minimum atomic E-state index is 0.929. The van der Waals surface area contributed by atoms with E-state index >= 15 is 0 Å². The Morgan fingerprint density at radius 2 is 1.77 bits per heavy atom. The maximum atomic E-state index is 4.63. The molecule has 0 amide bonds. The molecule has 4 aromatic rings. The monoisotopic (exact) mass is 324 g/mol. The smallest absolute Gasteiger partial charge is 0.219 e. The lowest BCUT2D eigenvalue weighted by atomic mass is 10.2. The zero-order valence-corrected chi connectivity index (χ0v) is 13.6. The van der Waals surface area contributed by atoms with Gasteiger partial charge in [0.15, 0.2) is 0 Å². The van der Waals surface area contributed by atoms with Crippen molar-refractivity contribution < 1.29 is 4.57 Å². The second kappa shape index (κ2) is 5.51. The van der Waals surface area contributed by atoms with E-state index in [9.17, 15) is 0 Å². The molecule has 0 aliphatic carbocycles. The number of aromatic nitrogens is 2. The average molecular weight is 324 g/mol. The first-order chi connectivity index (χ1) is 10.8. The van der Waals surface area contributed by atoms with Crippen molar-refractivity contribution in [3.8, 4) is 11.3 Å². The van der Waals surface area contributed by atoms with E-state index < -0.39 is 0 Å². The summed E-state index contributed by atoms with van der Waals surface area (Å²) in [4.78, 5) is 4.63. The molecule has 0 unspecified atom stereocenters. The fourth-order valence-electron chi connectivity index (χ4n) is 2.38. The summed E-state index contributed by atoms with van der Waals surface area (Å²) in [6, 6.07) is 18.6. The highest BCUT2D eigenvalue weighted by molar-refractivity contribution is 7.22. The van der Waals surface area contributed by atoms with Crippen molar-refractivity contribution in [1.82, 2.24) is 4.98 Å². The normalized spacial score (nSPS) is 11.0. The summed E-state index contributed by atoms with van der Waals surface area (Å²) in [7, 11) is 2.08. The summed E-state index contributed by atoms with van der Waals surface area (Å²) in [6.45, 7) is 0. The van der Waals surface area contributed by atoms with Gasteiger partial charge < -0.3 is 0 Å². The molecule has 5 heteroatoms. The minimum Gasteiger partial charge on any atom is -0.219 e. The molecule has 0 saturated carbocycles. The molecular formula is C17H14N3S2+. The maximum Gasteiger partial charge on any atom is 0.341 e. The molecule has 0 aliphatic rings. The lowest BCUT2D eigenvalue weighted by molar-refractivity contribution is -0.641. The van der Waals surface area contributed by atoms with Gasteiger partial charge in [-0.2, -0.15) is 4.98 Å². The van der Waals surface area contributed by atoms with Gasteiger partial charge in [-0.15, -0.1) is 0 Å². The van der Waals surface area contributed by atoms with Crippen LogP contribution in [0.4, 0.5) is 10.3 Å². The Hall–Kier alpha value is -2.24. The molecule has 2 heterocycles. The molecule has 2 aromatic heterocycles. The largest absolute Gasteiger partial charge is 0.341 e. The van der Waals surface area contributed by atoms with E-state index in [0.717, 1.165) is 15.8 Å². The van der Waals surface area contributed by atoms with E-state index in [0.29, 0.717) is 0 Å². The third kappa shape index (κ3) is 2.38. The fraction of sp³-hybridized carbons (Fsp3) is 0.0588. The molecule has 0 atom stereocenters. The highest BCUT2D eigenvalue weighted by Gasteiger charge is 2.18. The van der Waals surface area contributed by atoms with Gasteiger partial charge in [0.1, 0.15) is 5.69 Å². The van der Waals surface area contributed by atoms with E-state index in [1.54, 1.807) is 22.7 Å². The number of fused-ring (bicyclic) bond motifs is 1. The molecule has 108 valence electrons. The molecular weight excluding hydrogens is 310 g/mol. The SMILES string of the molecule is C[n+]1c(-c2ccccc2)csc1Nc1nc2ccccc2s1. The Kier molecular flexibility index (Phi) is 3.36. The van der Waals surface area contributed by atoms with Gasteiger partial charge in [-0.1, -0.05) is 65.1 Å². The number of hydrogen-bond acceptors (Lipinski definition) is 4. The van der Waals surface area contributed by atoms with Gasteiger partial charge in [0.2, 0.25) is 0 Å². The summed E-state index contributed by atoms with van der Waals surface area (Å²) in [6.07, 6.45) is 0. The standard InChI is InChI=1S/C17H13N3S2/c1-20-14(12-7-3-2-4-8-12)11-21-17(20)19-16-18-13-9-5-6-10-15(13)22-16/h2-11H,1H3/p+1. The van der Waals surface area contributed by atoms with Crippen LogP contribution in [0.2, 0.25) is 0 Å². The molecule has 0 saturated heterocycles. The van der Waals surface area contributed by atoms with Crippen LogP contribution in [0, 0.1) is 0 Å². The molecule has 2 aromatic carbocycles. The summed E-state index contributed by atoms with van der Waals surface area (Å²) >= 11 is 3.37. The number of anilines is 2. The van der Waals surface area contributed by atoms with E-state index in [1.165, 1.54) is 16.0 Å². The highest BCUT2D eigenvalue weighted by atomic mass is 32.1. The Morgan fingerprint density at radius 1 is 1.00 bits per heavy atom. The maximum absolute atomic E-state index is 4.63. The summed E-state index contributed by atoms with van der Waals surface area (Å²) in [5, 5.41) is 7.62. The van der Waals surface area contributed by atoms with Gasteiger partial charge in [-0.25, -0.2) is 9.88 Å². The molecule has 0 spiro atoms.